The number of methoxy groups -OCH3 is 1. The van der Waals surface area contributed by atoms with E-state index in [4.69, 9.17) is 4.74 Å². The zero-order valence-electron chi connectivity index (χ0n) is 12.2. The molecule has 0 fully saturated rings. The highest BCUT2D eigenvalue weighted by atomic mass is 79.9. The fourth-order valence-electron chi connectivity index (χ4n) is 2.27. The molecule has 0 unspecified atom stereocenters. The Balaban J connectivity index is 2.29. The molecule has 5 nitrogen and oxygen atoms in total. The number of carbonyl (C=O) groups is 1. The van der Waals surface area contributed by atoms with Crippen LogP contribution in [0.4, 0.5) is 0 Å². The Hall–Kier alpha value is -2.21. The van der Waals surface area contributed by atoms with Crippen molar-refractivity contribution in [2.75, 3.05) is 7.11 Å². The first-order chi connectivity index (χ1) is 10.6. The minimum absolute atomic E-state index is 0.278. The fourth-order valence-corrected chi connectivity index (χ4v) is 2.66. The lowest BCUT2D eigenvalue weighted by molar-refractivity contribution is 0.0595. The lowest BCUT2D eigenvalue weighted by Crippen LogP contribution is -2.04. The van der Waals surface area contributed by atoms with E-state index in [1.807, 2.05) is 37.3 Å². The number of rotatable bonds is 3. The largest absolute Gasteiger partial charge is 0.464 e. The van der Waals surface area contributed by atoms with Crippen molar-refractivity contribution in [3.05, 3.63) is 52.3 Å². The smallest absolute Gasteiger partial charge is 0.359 e. The van der Waals surface area contributed by atoms with E-state index in [-0.39, 0.29) is 5.69 Å². The molecule has 0 bridgehead atoms. The van der Waals surface area contributed by atoms with Crippen molar-refractivity contribution < 1.29 is 9.53 Å². The molecule has 0 atom stereocenters. The summed E-state index contributed by atoms with van der Waals surface area (Å²) in [5, 5.41) is 5.11. The van der Waals surface area contributed by atoms with Gasteiger partial charge in [0, 0.05) is 10.7 Å². The molecule has 0 aliphatic rings. The third-order valence-electron chi connectivity index (χ3n) is 3.42. The Morgan fingerprint density at radius 3 is 2.86 bits per heavy atom. The van der Waals surface area contributed by atoms with Gasteiger partial charge in [-0.05, 0) is 36.2 Å². The molecule has 0 aliphatic heterocycles. The summed E-state index contributed by atoms with van der Waals surface area (Å²) in [5.74, 6) is -0.464. The van der Waals surface area contributed by atoms with Gasteiger partial charge in [0.05, 0.1) is 18.2 Å². The minimum atomic E-state index is -0.464. The van der Waals surface area contributed by atoms with Crippen molar-refractivity contribution in [1.29, 1.82) is 0 Å². The highest BCUT2D eigenvalue weighted by Gasteiger charge is 2.20. The Morgan fingerprint density at radius 2 is 2.18 bits per heavy atom. The van der Waals surface area contributed by atoms with E-state index >= 15 is 0 Å². The van der Waals surface area contributed by atoms with E-state index in [1.165, 1.54) is 7.11 Å². The first-order valence-electron chi connectivity index (χ1n) is 6.86. The van der Waals surface area contributed by atoms with Crippen LogP contribution in [-0.4, -0.2) is 27.8 Å². The van der Waals surface area contributed by atoms with Gasteiger partial charge in [0.1, 0.15) is 0 Å². The molecule has 0 saturated heterocycles. The van der Waals surface area contributed by atoms with Crippen LogP contribution >= 0.6 is 15.9 Å². The van der Waals surface area contributed by atoms with Crippen LogP contribution in [0, 0.1) is 0 Å². The molecule has 2 aromatic heterocycles. The van der Waals surface area contributed by atoms with Crippen molar-refractivity contribution in [1.82, 2.24) is 14.8 Å². The number of hydrogen-bond acceptors (Lipinski definition) is 4. The Kier molecular flexibility index (Phi) is 3.94. The molecule has 0 amide bonds. The van der Waals surface area contributed by atoms with Crippen LogP contribution < -0.4 is 0 Å². The fraction of sp³-hybridized carbons (Fsp3) is 0.188. The topological polar surface area (TPSA) is 57.0 Å². The number of hydrogen-bond donors (Lipinski definition) is 0. The van der Waals surface area contributed by atoms with Gasteiger partial charge >= 0.3 is 5.97 Å². The average Bonchev–Trinajstić information content (AvgIpc) is 2.92. The molecule has 0 saturated carbocycles. The second-order valence-corrected chi connectivity index (χ2v) is 5.72. The van der Waals surface area contributed by atoms with Gasteiger partial charge in [-0.15, -0.1) is 0 Å². The second-order valence-electron chi connectivity index (χ2n) is 4.80. The minimum Gasteiger partial charge on any atom is -0.464 e. The van der Waals surface area contributed by atoms with Crippen LogP contribution in [-0.2, 0) is 11.2 Å². The highest BCUT2D eigenvalue weighted by Crippen LogP contribution is 2.24. The van der Waals surface area contributed by atoms with Gasteiger partial charge < -0.3 is 4.74 Å². The van der Waals surface area contributed by atoms with Crippen molar-refractivity contribution >= 4 is 32.9 Å². The Bertz CT molecular complexity index is 858. The van der Waals surface area contributed by atoms with Crippen molar-refractivity contribution in [2.24, 2.45) is 0 Å². The van der Waals surface area contributed by atoms with Crippen LogP contribution in [0.5, 0.6) is 0 Å². The van der Waals surface area contributed by atoms with Gasteiger partial charge in [0.25, 0.3) is 0 Å². The SMILES string of the molecule is CCc1cnc2c(c1)c(C(=O)OC)nn2-c1cccc(Br)c1. The predicted octanol–water partition coefficient (Wildman–Crippen LogP) is 3.53. The number of esters is 1. The molecule has 2 heterocycles. The summed E-state index contributed by atoms with van der Waals surface area (Å²) in [5.41, 5.74) is 2.79. The molecule has 0 spiro atoms. The number of pyridine rings is 1. The second kappa shape index (κ2) is 5.88. The summed E-state index contributed by atoms with van der Waals surface area (Å²) in [6, 6.07) is 9.61. The molecule has 3 rings (SSSR count). The molecule has 1 aromatic carbocycles. The first-order valence-corrected chi connectivity index (χ1v) is 7.65. The van der Waals surface area contributed by atoms with Gasteiger partial charge in [-0.2, -0.15) is 5.10 Å². The molecular formula is C16H14BrN3O2. The number of halogens is 1. The molecule has 3 aromatic rings. The van der Waals surface area contributed by atoms with E-state index in [9.17, 15) is 4.79 Å². The molecule has 0 aliphatic carbocycles. The van der Waals surface area contributed by atoms with Gasteiger partial charge in [0.15, 0.2) is 11.3 Å². The van der Waals surface area contributed by atoms with E-state index in [1.54, 1.807) is 10.9 Å². The van der Waals surface area contributed by atoms with Gasteiger partial charge in [0.2, 0.25) is 0 Å². The normalized spacial score (nSPS) is 10.9. The monoisotopic (exact) mass is 359 g/mol. The van der Waals surface area contributed by atoms with Crippen molar-refractivity contribution in [3.63, 3.8) is 0 Å². The number of carbonyl (C=O) groups excluding carboxylic acids is 1. The van der Waals surface area contributed by atoms with Crippen LogP contribution in [0.1, 0.15) is 23.0 Å². The zero-order chi connectivity index (χ0) is 15.7. The van der Waals surface area contributed by atoms with Crippen molar-refractivity contribution in [2.45, 2.75) is 13.3 Å². The van der Waals surface area contributed by atoms with E-state index < -0.39 is 5.97 Å². The number of ether oxygens (including phenoxy) is 1. The summed E-state index contributed by atoms with van der Waals surface area (Å²) in [7, 11) is 1.35. The van der Waals surface area contributed by atoms with E-state index in [2.05, 4.69) is 26.0 Å². The maximum atomic E-state index is 12.0. The Labute approximate surface area is 136 Å². The summed E-state index contributed by atoms with van der Waals surface area (Å²) < 4.78 is 7.43. The maximum Gasteiger partial charge on any atom is 0.359 e. The first kappa shape index (κ1) is 14.7. The zero-order valence-corrected chi connectivity index (χ0v) is 13.8. The highest BCUT2D eigenvalue weighted by molar-refractivity contribution is 9.10. The number of aryl methyl sites for hydroxylation is 1. The van der Waals surface area contributed by atoms with E-state index in [0.717, 1.165) is 22.1 Å². The van der Waals surface area contributed by atoms with Crippen LogP contribution in [0.3, 0.4) is 0 Å². The molecule has 22 heavy (non-hydrogen) atoms. The molecular weight excluding hydrogens is 346 g/mol. The van der Waals surface area contributed by atoms with Crippen LogP contribution in [0.25, 0.3) is 16.7 Å². The predicted molar refractivity (Wildman–Crippen MR) is 87.3 cm³/mol. The molecule has 0 radical (unpaired) electrons. The number of benzene rings is 1. The third kappa shape index (κ3) is 2.50. The summed E-state index contributed by atoms with van der Waals surface area (Å²) in [4.78, 5) is 16.5. The van der Waals surface area contributed by atoms with Crippen LogP contribution in [0.2, 0.25) is 0 Å². The van der Waals surface area contributed by atoms with Gasteiger partial charge in [-0.25, -0.2) is 14.5 Å². The lowest BCUT2D eigenvalue weighted by atomic mass is 10.1. The lowest BCUT2D eigenvalue weighted by Gasteiger charge is -2.03. The third-order valence-corrected chi connectivity index (χ3v) is 3.91. The van der Waals surface area contributed by atoms with Gasteiger partial charge in [-0.1, -0.05) is 28.9 Å². The number of aromatic nitrogens is 3. The van der Waals surface area contributed by atoms with Gasteiger partial charge in [-0.3, -0.25) is 0 Å². The maximum absolute atomic E-state index is 12.0. The standard InChI is InChI=1S/C16H14BrN3O2/c1-3-10-7-13-14(16(21)22-2)19-20(15(13)18-9-10)12-6-4-5-11(17)8-12/h4-9H,3H2,1-2H3. The molecule has 0 N–H and O–H groups in total. The average molecular weight is 360 g/mol. The molecule has 6 heteroatoms. The summed E-state index contributed by atoms with van der Waals surface area (Å²) in [6.45, 7) is 2.04. The van der Waals surface area contributed by atoms with E-state index in [0.29, 0.717) is 11.0 Å². The quantitative estimate of drug-likeness (QED) is 0.671. The van der Waals surface area contributed by atoms with Crippen LogP contribution in [0.15, 0.2) is 41.0 Å². The Morgan fingerprint density at radius 1 is 1.36 bits per heavy atom. The molecule has 112 valence electrons. The number of fused-ring (bicyclic) bond motifs is 1. The number of nitrogens with zero attached hydrogens (tertiary/aromatic N) is 3. The van der Waals surface area contributed by atoms with Crippen molar-refractivity contribution in [3.8, 4) is 5.69 Å². The summed E-state index contributed by atoms with van der Waals surface area (Å²) in [6.07, 6.45) is 2.64. The summed E-state index contributed by atoms with van der Waals surface area (Å²) >= 11 is 3.44.